The largest absolute Gasteiger partial charge is 0.496 e. The van der Waals surface area contributed by atoms with Crippen molar-refractivity contribution in [2.45, 2.75) is 19.5 Å². The Morgan fingerprint density at radius 3 is 2.10 bits per heavy atom. The van der Waals surface area contributed by atoms with Crippen LogP contribution >= 0.6 is 0 Å². The lowest BCUT2D eigenvalue weighted by molar-refractivity contribution is -0.0678. The van der Waals surface area contributed by atoms with Crippen LogP contribution in [0.3, 0.4) is 0 Å². The van der Waals surface area contributed by atoms with Gasteiger partial charge in [0.05, 0.1) is 32.0 Å². The highest BCUT2D eigenvalue weighted by molar-refractivity contribution is 5.89. The van der Waals surface area contributed by atoms with Crippen molar-refractivity contribution in [2.75, 3.05) is 20.8 Å². The van der Waals surface area contributed by atoms with Gasteiger partial charge in [-0.1, -0.05) is 0 Å². The molecule has 1 N–H and O–H groups in total. The van der Waals surface area contributed by atoms with Gasteiger partial charge in [-0.05, 0) is 12.1 Å². The number of carboxylic acid groups (broad SMARTS) is 1. The summed E-state index contributed by atoms with van der Waals surface area (Å²) in [6.45, 7) is -0.176. The van der Waals surface area contributed by atoms with Crippen molar-refractivity contribution in [3.8, 4) is 11.5 Å². The number of carbonyl (C=O) groups is 1. The molecule has 0 saturated heterocycles. The zero-order valence-electron chi connectivity index (χ0n) is 11.4. The van der Waals surface area contributed by atoms with Crippen LogP contribution in [0.4, 0.5) is 8.78 Å². The third kappa shape index (κ3) is 4.34. The molecule has 0 aliphatic heterocycles. The van der Waals surface area contributed by atoms with Crippen LogP contribution < -0.4 is 9.47 Å². The monoisotopic (exact) mass is 290 g/mol. The molecule has 0 radical (unpaired) electrons. The maximum Gasteiger partial charge on any atom is 0.335 e. The highest BCUT2D eigenvalue weighted by Crippen LogP contribution is 2.31. The molecule has 112 valence electrons. The van der Waals surface area contributed by atoms with Gasteiger partial charge < -0.3 is 19.3 Å². The van der Waals surface area contributed by atoms with Crippen LogP contribution in [-0.2, 0) is 11.3 Å². The van der Waals surface area contributed by atoms with Crippen molar-refractivity contribution in [1.29, 1.82) is 0 Å². The molecule has 1 rings (SSSR count). The number of rotatable bonds is 7. The van der Waals surface area contributed by atoms with E-state index >= 15 is 0 Å². The molecule has 0 saturated carbocycles. The molecular weight excluding hydrogens is 274 g/mol. The fourth-order valence-corrected chi connectivity index (χ4v) is 1.58. The predicted octanol–water partition coefficient (Wildman–Crippen LogP) is 2.57. The Morgan fingerprint density at radius 2 is 1.75 bits per heavy atom. The molecule has 0 spiro atoms. The number of hydrogen-bond acceptors (Lipinski definition) is 4. The van der Waals surface area contributed by atoms with Crippen LogP contribution in [0.5, 0.6) is 11.5 Å². The average Bonchev–Trinajstić information content (AvgIpc) is 2.36. The third-order valence-electron chi connectivity index (χ3n) is 2.46. The molecule has 0 unspecified atom stereocenters. The highest BCUT2D eigenvalue weighted by atomic mass is 19.3. The van der Waals surface area contributed by atoms with Crippen LogP contribution in [0.2, 0.25) is 0 Å². The van der Waals surface area contributed by atoms with Crippen molar-refractivity contribution in [3.05, 3.63) is 23.3 Å². The van der Waals surface area contributed by atoms with E-state index in [0.717, 1.165) is 6.92 Å². The number of carboxylic acids is 1. The molecule has 0 bridgehead atoms. The normalized spacial score (nSPS) is 11.2. The van der Waals surface area contributed by atoms with Gasteiger partial charge in [-0.15, -0.1) is 0 Å². The molecule has 0 aromatic heterocycles. The van der Waals surface area contributed by atoms with Crippen LogP contribution in [0, 0.1) is 0 Å². The number of alkyl halides is 2. The maximum absolute atomic E-state index is 12.7. The lowest BCUT2D eigenvalue weighted by Gasteiger charge is -2.16. The standard InChI is InChI=1S/C13H16F2O5/c1-13(14,15)7-20-6-9-10(18-2)4-8(12(16)17)5-11(9)19-3/h4-5H,6-7H2,1-3H3,(H,16,17). The summed E-state index contributed by atoms with van der Waals surface area (Å²) in [5, 5.41) is 8.96. The zero-order chi connectivity index (χ0) is 15.3. The summed E-state index contributed by atoms with van der Waals surface area (Å²) in [6, 6.07) is 2.57. The summed E-state index contributed by atoms with van der Waals surface area (Å²) >= 11 is 0. The first-order chi connectivity index (χ1) is 9.28. The van der Waals surface area contributed by atoms with E-state index < -0.39 is 18.5 Å². The van der Waals surface area contributed by atoms with E-state index in [-0.39, 0.29) is 23.7 Å². The van der Waals surface area contributed by atoms with Gasteiger partial charge in [0.1, 0.15) is 18.1 Å². The average molecular weight is 290 g/mol. The van der Waals surface area contributed by atoms with Crippen molar-refractivity contribution in [2.24, 2.45) is 0 Å². The molecular formula is C13H16F2O5. The molecule has 0 fully saturated rings. The summed E-state index contributed by atoms with van der Waals surface area (Å²) in [4.78, 5) is 11.0. The Balaban J connectivity index is 3.01. The SMILES string of the molecule is COc1cc(C(=O)O)cc(OC)c1COCC(C)(F)F. The van der Waals surface area contributed by atoms with Gasteiger partial charge >= 0.3 is 5.97 Å². The van der Waals surface area contributed by atoms with E-state index in [9.17, 15) is 13.6 Å². The first kappa shape index (κ1) is 16.2. The molecule has 1 aromatic rings. The summed E-state index contributed by atoms with van der Waals surface area (Å²) < 4.78 is 40.4. The van der Waals surface area contributed by atoms with E-state index in [2.05, 4.69) is 0 Å². The first-order valence-corrected chi connectivity index (χ1v) is 5.72. The Bertz CT molecular complexity index is 457. The van der Waals surface area contributed by atoms with Crippen molar-refractivity contribution >= 4 is 5.97 Å². The van der Waals surface area contributed by atoms with Crippen LogP contribution in [0.25, 0.3) is 0 Å². The molecule has 0 aliphatic rings. The van der Waals surface area contributed by atoms with Gasteiger partial charge in [0.15, 0.2) is 0 Å². The minimum Gasteiger partial charge on any atom is -0.496 e. The minimum absolute atomic E-state index is 0.0247. The number of ether oxygens (including phenoxy) is 3. The van der Waals surface area contributed by atoms with Crippen molar-refractivity contribution in [3.63, 3.8) is 0 Å². The number of methoxy groups -OCH3 is 2. The quantitative estimate of drug-likeness (QED) is 0.836. The molecule has 0 atom stereocenters. The highest BCUT2D eigenvalue weighted by Gasteiger charge is 2.22. The molecule has 0 heterocycles. The second kappa shape index (κ2) is 6.51. The Hall–Kier alpha value is -1.89. The summed E-state index contributed by atoms with van der Waals surface area (Å²) in [6.07, 6.45) is 0. The van der Waals surface area contributed by atoms with E-state index in [1.54, 1.807) is 0 Å². The molecule has 5 nitrogen and oxygen atoms in total. The Labute approximate surface area is 115 Å². The van der Waals surface area contributed by atoms with Gasteiger partial charge in [-0.3, -0.25) is 0 Å². The second-order valence-corrected chi connectivity index (χ2v) is 4.23. The number of aromatic carboxylic acids is 1. The Kier molecular flexibility index (Phi) is 5.26. The van der Waals surface area contributed by atoms with Crippen molar-refractivity contribution < 1.29 is 32.9 Å². The maximum atomic E-state index is 12.7. The summed E-state index contributed by atoms with van der Waals surface area (Å²) in [5.74, 6) is -3.67. The third-order valence-corrected chi connectivity index (χ3v) is 2.46. The number of hydrogen-bond donors (Lipinski definition) is 1. The molecule has 20 heavy (non-hydrogen) atoms. The first-order valence-electron chi connectivity index (χ1n) is 5.72. The molecule has 0 amide bonds. The zero-order valence-corrected chi connectivity index (χ0v) is 11.4. The lowest BCUT2D eigenvalue weighted by atomic mass is 10.1. The molecule has 0 aliphatic carbocycles. The fraction of sp³-hybridized carbons (Fsp3) is 0.462. The minimum atomic E-state index is -2.94. The summed E-state index contributed by atoms with van der Waals surface area (Å²) in [7, 11) is 2.69. The lowest BCUT2D eigenvalue weighted by Crippen LogP contribution is -2.18. The topological polar surface area (TPSA) is 65.0 Å². The molecule has 7 heteroatoms. The van der Waals surface area contributed by atoms with E-state index in [1.807, 2.05) is 0 Å². The van der Waals surface area contributed by atoms with E-state index in [0.29, 0.717) is 5.56 Å². The van der Waals surface area contributed by atoms with E-state index in [1.165, 1.54) is 26.4 Å². The Morgan fingerprint density at radius 1 is 1.25 bits per heavy atom. The predicted molar refractivity (Wildman–Crippen MR) is 66.8 cm³/mol. The number of benzene rings is 1. The summed E-state index contributed by atoms with van der Waals surface area (Å²) in [5.41, 5.74) is 0.354. The van der Waals surface area contributed by atoms with Gasteiger partial charge in [0, 0.05) is 6.92 Å². The molecule has 1 aromatic carbocycles. The van der Waals surface area contributed by atoms with Gasteiger partial charge in [0.25, 0.3) is 5.92 Å². The van der Waals surface area contributed by atoms with Gasteiger partial charge in [0.2, 0.25) is 0 Å². The van der Waals surface area contributed by atoms with Crippen LogP contribution in [0.1, 0.15) is 22.8 Å². The fourth-order valence-electron chi connectivity index (χ4n) is 1.58. The van der Waals surface area contributed by atoms with Gasteiger partial charge in [-0.2, -0.15) is 0 Å². The van der Waals surface area contributed by atoms with Crippen LogP contribution in [-0.4, -0.2) is 37.8 Å². The second-order valence-electron chi connectivity index (χ2n) is 4.23. The number of halogens is 2. The van der Waals surface area contributed by atoms with E-state index in [4.69, 9.17) is 19.3 Å². The smallest absolute Gasteiger partial charge is 0.335 e. The van der Waals surface area contributed by atoms with Crippen LogP contribution in [0.15, 0.2) is 12.1 Å². The van der Waals surface area contributed by atoms with Crippen molar-refractivity contribution in [1.82, 2.24) is 0 Å². The van der Waals surface area contributed by atoms with Gasteiger partial charge in [-0.25, -0.2) is 13.6 Å².